The predicted octanol–water partition coefficient (Wildman–Crippen LogP) is 3.88. The number of benzene rings is 2. The Hall–Kier alpha value is -2.85. The average molecular weight is 333 g/mol. The minimum absolute atomic E-state index is 0.0870. The van der Waals surface area contributed by atoms with E-state index >= 15 is 0 Å². The van der Waals surface area contributed by atoms with Crippen LogP contribution in [0.3, 0.4) is 0 Å². The first-order valence-corrected chi connectivity index (χ1v) is 8.30. The summed E-state index contributed by atoms with van der Waals surface area (Å²) in [6.45, 7) is 8.84. The summed E-state index contributed by atoms with van der Waals surface area (Å²) in [5.74, 6) is -0.183. The Bertz CT molecular complexity index is 848. The molecule has 0 bridgehead atoms. The fourth-order valence-corrected chi connectivity index (χ4v) is 2.78. The second-order valence-electron chi connectivity index (χ2n) is 6.85. The van der Waals surface area contributed by atoms with Crippen molar-refractivity contribution in [1.82, 2.24) is 0 Å². The Morgan fingerprint density at radius 3 is 2.52 bits per heavy atom. The van der Waals surface area contributed by atoms with Gasteiger partial charge in [0, 0.05) is 35.1 Å². The molecule has 1 aliphatic heterocycles. The van der Waals surface area contributed by atoms with Gasteiger partial charge in [-0.15, -0.1) is 0 Å². The van der Waals surface area contributed by atoms with Crippen LogP contribution < -0.4 is 16.4 Å². The van der Waals surface area contributed by atoms with Crippen molar-refractivity contribution in [3.8, 4) is 0 Å². The lowest BCUT2D eigenvalue weighted by Gasteiger charge is -2.23. The molecule has 25 heavy (non-hydrogen) atoms. The summed E-state index contributed by atoms with van der Waals surface area (Å²) in [7, 11) is 0. The molecule has 0 saturated heterocycles. The molecular weight excluding hydrogens is 310 g/mol. The average Bonchev–Trinajstić information content (AvgIpc) is 2.62. The van der Waals surface area contributed by atoms with Gasteiger partial charge in [0.25, 0.3) is 5.91 Å². The van der Waals surface area contributed by atoms with E-state index in [1.54, 1.807) is 6.20 Å². The topological polar surface area (TPSA) is 67.2 Å². The lowest BCUT2D eigenvalue weighted by molar-refractivity contribution is -0.112. The Kier molecular flexibility index (Phi) is 4.47. The van der Waals surface area contributed by atoms with E-state index in [2.05, 4.69) is 31.1 Å². The minimum Gasteiger partial charge on any atom is -0.360 e. The Morgan fingerprint density at radius 2 is 1.84 bits per heavy atom. The monoisotopic (exact) mass is 333 g/mol. The molecule has 0 fully saturated rings. The summed E-state index contributed by atoms with van der Waals surface area (Å²) in [6.07, 6.45) is 1.70. The normalized spacial score (nSPS) is 13.6. The number of hydrogen-bond acceptors (Lipinski definition) is 3. The molecular formula is C21H23N3O. The van der Waals surface area contributed by atoms with Gasteiger partial charge in [0.1, 0.15) is 0 Å². The predicted molar refractivity (Wildman–Crippen MR) is 104 cm³/mol. The zero-order valence-corrected chi connectivity index (χ0v) is 14.6. The highest BCUT2D eigenvalue weighted by atomic mass is 16.1. The van der Waals surface area contributed by atoms with Crippen molar-refractivity contribution in [2.75, 3.05) is 17.2 Å². The van der Waals surface area contributed by atoms with Crippen LogP contribution in [0.5, 0.6) is 0 Å². The summed E-state index contributed by atoms with van der Waals surface area (Å²) in [5, 5.41) is 6.08. The zero-order chi connectivity index (χ0) is 18.0. The minimum atomic E-state index is -0.183. The molecule has 4 heteroatoms. The number of carbonyl (C=O) groups is 1. The molecule has 2 aromatic rings. The molecule has 0 saturated carbocycles. The van der Waals surface area contributed by atoms with Crippen LogP contribution in [0, 0.1) is 0 Å². The van der Waals surface area contributed by atoms with Crippen LogP contribution in [0.1, 0.15) is 25.0 Å². The summed E-state index contributed by atoms with van der Waals surface area (Å²) >= 11 is 0. The van der Waals surface area contributed by atoms with Gasteiger partial charge in [0.2, 0.25) is 0 Å². The van der Waals surface area contributed by atoms with Crippen molar-refractivity contribution in [3.05, 3.63) is 78.0 Å². The summed E-state index contributed by atoms with van der Waals surface area (Å²) in [5.41, 5.74) is 10.8. The smallest absolute Gasteiger partial charge is 0.257 e. The summed E-state index contributed by atoms with van der Waals surface area (Å²) < 4.78 is 0. The Labute approximate surface area is 148 Å². The Morgan fingerprint density at radius 1 is 1.16 bits per heavy atom. The van der Waals surface area contributed by atoms with E-state index in [0.717, 1.165) is 22.5 Å². The molecule has 128 valence electrons. The first-order valence-electron chi connectivity index (χ1n) is 8.30. The third kappa shape index (κ3) is 3.35. The fourth-order valence-electron chi connectivity index (χ4n) is 2.78. The van der Waals surface area contributed by atoms with E-state index < -0.39 is 0 Å². The van der Waals surface area contributed by atoms with Crippen molar-refractivity contribution < 1.29 is 4.79 Å². The van der Waals surface area contributed by atoms with Crippen LogP contribution in [0.25, 0.3) is 5.57 Å². The molecule has 0 aliphatic carbocycles. The summed E-state index contributed by atoms with van der Waals surface area (Å²) in [4.78, 5) is 12.6. The quantitative estimate of drug-likeness (QED) is 0.795. The highest BCUT2D eigenvalue weighted by Gasteiger charge is 2.21. The molecule has 0 aromatic heterocycles. The number of nitrogens with two attached hydrogens (primary N) is 1. The van der Waals surface area contributed by atoms with E-state index in [1.807, 2.05) is 48.5 Å². The third-order valence-electron chi connectivity index (χ3n) is 4.63. The number of nitrogens with one attached hydrogen (secondary N) is 2. The van der Waals surface area contributed by atoms with Crippen molar-refractivity contribution >= 4 is 22.9 Å². The maximum Gasteiger partial charge on any atom is 0.257 e. The number of rotatable bonds is 4. The highest BCUT2D eigenvalue weighted by Crippen LogP contribution is 2.32. The molecule has 1 amide bonds. The number of hydrogen-bond donors (Lipinski definition) is 3. The number of carbonyl (C=O) groups excluding carboxylic acids is 1. The van der Waals surface area contributed by atoms with Crippen LogP contribution in [-0.4, -0.2) is 12.5 Å². The van der Waals surface area contributed by atoms with Crippen LogP contribution in [0.15, 0.2) is 66.9 Å². The maximum atomic E-state index is 12.6. The number of para-hydroxylation sites is 1. The lowest BCUT2D eigenvalue weighted by atomic mass is 9.85. The van der Waals surface area contributed by atoms with E-state index in [-0.39, 0.29) is 11.3 Å². The Balaban J connectivity index is 1.75. The largest absolute Gasteiger partial charge is 0.360 e. The van der Waals surface area contributed by atoms with Gasteiger partial charge in [-0.25, -0.2) is 0 Å². The second kappa shape index (κ2) is 6.57. The molecule has 0 radical (unpaired) electrons. The number of anilines is 2. The van der Waals surface area contributed by atoms with Crippen LogP contribution in [-0.2, 0) is 10.2 Å². The molecule has 0 unspecified atom stereocenters. The highest BCUT2D eigenvalue weighted by molar-refractivity contribution is 6.16. The molecule has 2 aromatic carbocycles. The molecule has 0 spiro atoms. The van der Waals surface area contributed by atoms with Crippen LogP contribution >= 0.6 is 0 Å². The standard InChI is InChI=1S/C21H23N3O/c1-14-17-6-4-5-7-19(17)23-12-18(14)20(25)24-16-10-8-15(9-11-16)21(2,3)13-22/h4-12,23H,1,13,22H2,2-3H3,(H,24,25). The first kappa shape index (κ1) is 17.0. The molecule has 4 N–H and O–H groups in total. The van der Waals surface area contributed by atoms with Gasteiger partial charge in [-0.3, -0.25) is 4.79 Å². The SMILES string of the molecule is C=C1C(C(=O)Nc2ccc(C(C)(C)CN)cc2)=CNc2ccccc21. The fraction of sp³-hybridized carbons (Fsp3) is 0.190. The van der Waals surface area contributed by atoms with Crippen molar-refractivity contribution in [3.63, 3.8) is 0 Å². The van der Waals surface area contributed by atoms with Gasteiger partial charge in [-0.05, 0) is 29.3 Å². The zero-order valence-electron chi connectivity index (χ0n) is 14.6. The molecule has 1 heterocycles. The van der Waals surface area contributed by atoms with Crippen molar-refractivity contribution in [1.29, 1.82) is 0 Å². The van der Waals surface area contributed by atoms with Gasteiger partial charge in [0.15, 0.2) is 0 Å². The molecule has 0 atom stereocenters. The van der Waals surface area contributed by atoms with Crippen molar-refractivity contribution in [2.24, 2.45) is 5.73 Å². The van der Waals surface area contributed by atoms with Gasteiger partial charge in [-0.2, -0.15) is 0 Å². The second-order valence-corrected chi connectivity index (χ2v) is 6.85. The lowest BCUT2D eigenvalue weighted by Crippen LogP contribution is -2.28. The third-order valence-corrected chi connectivity index (χ3v) is 4.63. The number of amides is 1. The van der Waals surface area contributed by atoms with Crippen LogP contribution in [0.2, 0.25) is 0 Å². The van der Waals surface area contributed by atoms with E-state index in [1.165, 1.54) is 0 Å². The molecule has 1 aliphatic rings. The number of fused-ring (bicyclic) bond motifs is 1. The molecule has 3 rings (SSSR count). The van der Waals surface area contributed by atoms with Gasteiger partial charge in [-0.1, -0.05) is 50.8 Å². The molecule has 4 nitrogen and oxygen atoms in total. The van der Waals surface area contributed by atoms with E-state index in [9.17, 15) is 4.79 Å². The van der Waals surface area contributed by atoms with Gasteiger partial charge in [0.05, 0.1) is 5.57 Å². The maximum absolute atomic E-state index is 12.6. The van der Waals surface area contributed by atoms with Gasteiger partial charge < -0.3 is 16.4 Å². The van der Waals surface area contributed by atoms with E-state index in [4.69, 9.17) is 5.73 Å². The van der Waals surface area contributed by atoms with Crippen molar-refractivity contribution in [2.45, 2.75) is 19.3 Å². The van der Waals surface area contributed by atoms with E-state index in [0.29, 0.717) is 17.7 Å². The van der Waals surface area contributed by atoms with Gasteiger partial charge >= 0.3 is 0 Å². The summed E-state index contributed by atoms with van der Waals surface area (Å²) in [6, 6.07) is 15.6. The first-order chi connectivity index (χ1) is 11.9. The van der Waals surface area contributed by atoms with Crippen LogP contribution in [0.4, 0.5) is 11.4 Å².